The summed E-state index contributed by atoms with van der Waals surface area (Å²) in [6.07, 6.45) is 6.00. The molecule has 0 radical (unpaired) electrons. The number of carbonyl (C=O) groups excluding carboxylic acids is 1. The molecular formula is C14H20O3. The molecule has 0 N–H and O–H groups in total. The van der Waals surface area contributed by atoms with Crippen LogP contribution in [0.3, 0.4) is 0 Å². The zero-order valence-electron chi connectivity index (χ0n) is 10.2. The Bertz CT molecular complexity index is 330. The van der Waals surface area contributed by atoms with Crippen LogP contribution in [0.25, 0.3) is 0 Å². The standard InChI is InChI=1S/C14H20O3/c1-10-2-3-11(9-15)13-8-14(5-4-12(10)13)16-6-7-17-14/h9,11-13H,1-8H2/t11-,12-,13-/m1/s1. The topological polar surface area (TPSA) is 35.5 Å². The summed E-state index contributed by atoms with van der Waals surface area (Å²) in [5.41, 5.74) is 1.33. The van der Waals surface area contributed by atoms with Gasteiger partial charge in [0.15, 0.2) is 5.79 Å². The summed E-state index contributed by atoms with van der Waals surface area (Å²) in [6, 6.07) is 0. The van der Waals surface area contributed by atoms with Crippen LogP contribution in [0.2, 0.25) is 0 Å². The van der Waals surface area contributed by atoms with E-state index in [-0.39, 0.29) is 11.7 Å². The fourth-order valence-electron chi connectivity index (χ4n) is 3.83. The average molecular weight is 236 g/mol. The Labute approximate surface area is 102 Å². The molecule has 0 aromatic carbocycles. The molecule has 3 heteroatoms. The lowest BCUT2D eigenvalue weighted by Crippen LogP contribution is -2.45. The third-order valence-electron chi connectivity index (χ3n) is 4.76. The van der Waals surface area contributed by atoms with Gasteiger partial charge in [0.1, 0.15) is 6.29 Å². The molecule has 0 bridgehead atoms. The molecule has 1 aliphatic heterocycles. The second kappa shape index (κ2) is 4.21. The molecule has 0 unspecified atom stereocenters. The Balaban J connectivity index is 1.81. The minimum Gasteiger partial charge on any atom is -0.348 e. The highest BCUT2D eigenvalue weighted by Crippen LogP contribution is 2.50. The predicted octanol–water partition coefficient (Wildman–Crippen LogP) is 2.31. The van der Waals surface area contributed by atoms with Crippen molar-refractivity contribution in [3.8, 4) is 0 Å². The molecular weight excluding hydrogens is 216 g/mol. The van der Waals surface area contributed by atoms with Crippen LogP contribution in [-0.4, -0.2) is 25.3 Å². The van der Waals surface area contributed by atoms with Gasteiger partial charge in [0.25, 0.3) is 0 Å². The summed E-state index contributed by atoms with van der Waals surface area (Å²) in [4.78, 5) is 11.2. The van der Waals surface area contributed by atoms with Gasteiger partial charge in [-0.2, -0.15) is 0 Å². The van der Waals surface area contributed by atoms with Gasteiger partial charge in [0.05, 0.1) is 13.2 Å². The number of fused-ring (bicyclic) bond motifs is 1. The summed E-state index contributed by atoms with van der Waals surface area (Å²) >= 11 is 0. The number of allylic oxidation sites excluding steroid dienone is 1. The van der Waals surface area contributed by atoms with E-state index in [2.05, 4.69) is 6.58 Å². The zero-order valence-corrected chi connectivity index (χ0v) is 10.2. The number of rotatable bonds is 1. The fourth-order valence-corrected chi connectivity index (χ4v) is 3.83. The summed E-state index contributed by atoms with van der Waals surface area (Å²) in [5, 5.41) is 0. The minimum atomic E-state index is -0.375. The molecule has 3 atom stereocenters. The molecule has 3 nitrogen and oxygen atoms in total. The van der Waals surface area contributed by atoms with Crippen LogP contribution in [-0.2, 0) is 14.3 Å². The largest absolute Gasteiger partial charge is 0.348 e. The lowest BCUT2D eigenvalue weighted by Gasteiger charge is -2.46. The van der Waals surface area contributed by atoms with Gasteiger partial charge < -0.3 is 14.3 Å². The average Bonchev–Trinajstić information content (AvgIpc) is 2.78. The second-order valence-corrected chi connectivity index (χ2v) is 5.62. The van der Waals surface area contributed by atoms with Crippen LogP contribution in [0, 0.1) is 17.8 Å². The van der Waals surface area contributed by atoms with Crippen molar-refractivity contribution in [3.05, 3.63) is 12.2 Å². The second-order valence-electron chi connectivity index (χ2n) is 5.62. The normalized spacial score (nSPS) is 40.2. The van der Waals surface area contributed by atoms with Crippen molar-refractivity contribution >= 4 is 6.29 Å². The number of ether oxygens (including phenoxy) is 2. The molecule has 3 aliphatic rings. The van der Waals surface area contributed by atoms with Crippen LogP contribution < -0.4 is 0 Å². The molecule has 0 aromatic heterocycles. The van der Waals surface area contributed by atoms with Crippen LogP contribution in [0.4, 0.5) is 0 Å². The van der Waals surface area contributed by atoms with Crippen LogP contribution >= 0.6 is 0 Å². The molecule has 1 saturated heterocycles. The lowest BCUT2D eigenvalue weighted by molar-refractivity contribution is -0.198. The third-order valence-corrected chi connectivity index (χ3v) is 4.76. The number of carbonyl (C=O) groups is 1. The lowest BCUT2D eigenvalue weighted by atomic mass is 9.62. The minimum absolute atomic E-state index is 0.176. The molecule has 2 saturated carbocycles. The SMILES string of the molecule is C=C1CC[C@H](C=O)[C@H]2CC3(CC[C@H]12)OCCO3. The first kappa shape index (κ1) is 11.4. The van der Waals surface area contributed by atoms with E-state index in [0.717, 1.165) is 38.4 Å². The van der Waals surface area contributed by atoms with E-state index in [0.29, 0.717) is 25.0 Å². The van der Waals surface area contributed by atoms with Gasteiger partial charge in [-0.05, 0) is 31.1 Å². The van der Waals surface area contributed by atoms with Gasteiger partial charge in [-0.1, -0.05) is 12.2 Å². The first-order valence-electron chi connectivity index (χ1n) is 6.65. The van der Waals surface area contributed by atoms with E-state index in [4.69, 9.17) is 9.47 Å². The van der Waals surface area contributed by atoms with Crippen molar-refractivity contribution in [1.82, 2.24) is 0 Å². The van der Waals surface area contributed by atoms with Crippen LogP contribution in [0.15, 0.2) is 12.2 Å². The van der Waals surface area contributed by atoms with Crippen LogP contribution in [0.1, 0.15) is 32.1 Å². The van der Waals surface area contributed by atoms with E-state index < -0.39 is 0 Å². The Hall–Kier alpha value is -0.670. The van der Waals surface area contributed by atoms with Crippen LogP contribution in [0.5, 0.6) is 0 Å². The van der Waals surface area contributed by atoms with Crippen molar-refractivity contribution < 1.29 is 14.3 Å². The summed E-state index contributed by atoms with van der Waals surface area (Å²) in [7, 11) is 0. The summed E-state index contributed by atoms with van der Waals surface area (Å²) < 4.78 is 11.6. The Kier molecular flexibility index (Phi) is 2.83. The predicted molar refractivity (Wildman–Crippen MR) is 63.4 cm³/mol. The van der Waals surface area contributed by atoms with Gasteiger partial charge >= 0.3 is 0 Å². The maximum absolute atomic E-state index is 11.2. The Morgan fingerprint density at radius 1 is 1.29 bits per heavy atom. The monoisotopic (exact) mass is 236 g/mol. The molecule has 1 heterocycles. The zero-order chi connectivity index (χ0) is 11.9. The van der Waals surface area contributed by atoms with Crippen molar-refractivity contribution in [2.24, 2.45) is 17.8 Å². The van der Waals surface area contributed by atoms with E-state index in [1.807, 2.05) is 0 Å². The van der Waals surface area contributed by atoms with Gasteiger partial charge in [0, 0.05) is 18.8 Å². The van der Waals surface area contributed by atoms with Gasteiger partial charge in [-0.15, -0.1) is 0 Å². The third kappa shape index (κ3) is 1.85. The summed E-state index contributed by atoms with van der Waals surface area (Å²) in [6.45, 7) is 5.58. The molecule has 0 amide bonds. The van der Waals surface area contributed by atoms with Crippen molar-refractivity contribution in [3.63, 3.8) is 0 Å². The van der Waals surface area contributed by atoms with Gasteiger partial charge in [-0.3, -0.25) is 0 Å². The molecule has 3 fully saturated rings. The Morgan fingerprint density at radius 2 is 2.06 bits per heavy atom. The molecule has 94 valence electrons. The van der Waals surface area contributed by atoms with Crippen molar-refractivity contribution in [2.45, 2.75) is 37.9 Å². The Morgan fingerprint density at radius 3 is 2.76 bits per heavy atom. The highest BCUT2D eigenvalue weighted by atomic mass is 16.7. The van der Waals surface area contributed by atoms with Gasteiger partial charge in [0.2, 0.25) is 0 Å². The highest BCUT2D eigenvalue weighted by Gasteiger charge is 2.49. The number of hydrogen-bond donors (Lipinski definition) is 0. The quantitative estimate of drug-likeness (QED) is 0.517. The molecule has 2 aliphatic carbocycles. The van der Waals surface area contributed by atoms with Gasteiger partial charge in [-0.25, -0.2) is 0 Å². The maximum atomic E-state index is 11.2. The molecule has 0 aromatic rings. The first-order valence-corrected chi connectivity index (χ1v) is 6.65. The molecule has 17 heavy (non-hydrogen) atoms. The first-order chi connectivity index (χ1) is 8.24. The van der Waals surface area contributed by atoms with E-state index in [9.17, 15) is 4.79 Å². The summed E-state index contributed by atoms with van der Waals surface area (Å²) in [5.74, 6) is 0.702. The van der Waals surface area contributed by atoms with Crippen molar-refractivity contribution in [2.75, 3.05) is 13.2 Å². The van der Waals surface area contributed by atoms with E-state index in [1.165, 1.54) is 5.57 Å². The fraction of sp³-hybridized carbons (Fsp3) is 0.786. The van der Waals surface area contributed by atoms with Crippen molar-refractivity contribution in [1.29, 1.82) is 0 Å². The number of hydrogen-bond acceptors (Lipinski definition) is 3. The smallest absolute Gasteiger partial charge is 0.168 e. The molecule has 1 spiro atoms. The maximum Gasteiger partial charge on any atom is 0.168 e. The van der Waals surface area contributed by atoms with E-state index in [1.54, 1.807) is 0 Å². The van der Waals surface area contributed by atoms with E-state index >= 15 is 0 Å². The highest BCUT2D eigenvalue weighted by molar-refractivity contribution is 5.55. The number of aldehydes is 1. The molecule has 3 rings (SSSR count).